The normalized spacial score (nSPS) is 9.93. The molecule has 0 radical (unpaired) electrons. The van der Waals surface area contributed by atoms with Crippen LogP contribution >= 0.6 is 0 Å². The fourth-order valence-electron chi connectivity index (χ4n) is 1.05. The average molecular weight is 211 g/mol. The van der Waals surface area contributed by atoms with Crippen molar-refractivity contribution in [2.45, 2.75) is 6.42 Å². The number of carboxylic acid groups (broad SMARTS) is 1. The second-order valence-corrected chi connectivity index (χ2v) is 2.83. The quantitative estimate of drug-likeness (QED) is 0.671. The molecule has 1 aromatic rings. The van der Waals surface area contributed by atoms with Crippen LogP contribution < -0.4 is 5.32 Å². The summed E-state index contributed by atoms with van der Waals surface area (Å²) in [5.41, 5.74) is -0.0603. The van der Waals surface area contributed by atoms with Gasteiger partial charge in [-0.1, -0.05) is 0 Å². The van der Waals surface area contributed by atoms with E-state index >= 15 is 0 Å². The van der Waals surface area contributed by atoms with Crippen molar-refractivity contribution < 1.29 is 14.6 Å². The predicted molar refractivity (Wildman–Crippen MR) is 54.0 cm³/mol. The first-order valence-electron chi connectivity index (χ1n) is 4.53. The average Bonchev–Trinajstić information content (AvgIpc) is 2.25. The third-order valence-corrected chi connectivity index (χ3v) is 1.72. The molecule has 0 saturated carbocycles. The number of carboxylic acids is 1. The van der Waals surface area contributed by atoms with Gasteiger partial charge >= 0.3 is 5.97 Å². The molecule has 1 rings (SSSR count). The molecular weight excluding hydrogens is 198 g/mol. The molecule has 0 aliphatic carbocycles. The van der Waals surface area contributed by atoms with Gasteiger partial charge in [-0.25, -0.2) is 14.8 Å². The summed E-state index contributed by atoms with van der Waals surface area (Å²) in [6.45, 7) is 1.22. The van der Waals surface area contributed by atoms with Crippen LogP contribution in [0, 0.1) is 0 Å². The fourth-order valence-corrected chi connectivity index (χ4v) is 1.05. The Morgan fingerprint density at radius 3 is 2.93 bits per heavy atom. The summed E-state index contributed by atoms with van der Waals surface area (Å²) in [5, 5.41) is 11.7. The van der Waals surface area contributed by atoms with E-state index in [1.165, 1.54) is 12.4 Å². The molecule has 0 aliphatic heterocycles. The van der Waals surface area contributed by atoms with Crippen molar-refractivity contribution in [3.8, 4) is 0 Å². The van der Waals surface area contributed by atoms with E-state index in [4.69, 9.17) is 9.84 Å². The highest BCUT2D eigenvalue weighted by atomic mass is 16.5. The highest BCUT2D eigenvalue weighted by Gasteiger charge is 2.11. The number of rotatable bonds is 6. The summed E-state index contributed by atoms with van der Waals surface area (Å²) >= 11 is 0. The molecule has 0 spiro atoms. The van der Waals surface area contributed by atoms with Gasteiger partial charge in [0.05, 0.1) is 0 Å². The zero-order valence-corrected chi connectivity index (χ0v) is 8.43. The first-order chi connectivity index (χ1) is 7.25. The van der Waals surface area contributed by atoms with E-state index in [9.17, 15) is 4.79 Å². The summed E-state index contributed by atoms with van der Waals surface area (Å²) < 4.78 is 4.87. The lowest BCUT2D eigenvalue weighted by atomic mass is 10.4. The van der Waals surface area contributed by atoms with Crippen LogP contribution in [0.4, 0.5) is 5.82 Å². The number of nitrogens with one attached hydrogen (secondary N) is 1. The van der Waals surface area contributed by atoms with Gasteiger partial charge in [0.15, 0.2) is 11.5 Å². The Kier molecular flexibility index (Phi) is 4.49. The maximum absolute atomic E-state index is 10.7. The summed E-state index contributed by atoms with van der Waals surface area (Å²) in [6.07, 6.45) is 3.58. The van der Waals surface area contributed by atoms with Crippen LogP contribution in [0.5, 0.6) is 0 Å². The van der Waals surface area contributed by atoms with Crippen molar-refractivity contribution in [2.24, 2.45) is 0 Å². The summed E-state index contributed by atoms with van der Waals surface area (Å²) in [4.78, 5) is 18.4. The van der Waals surface area contributed by atoms with Crippen molar-refractivity contribution >= 4 is 11.8 Å². The maximum Gasteiger partial charge on any atom is 0.358 e. The standard InChI is InChI=1S/C9H13N3O3/c1-15-6-2-3-11-8-7(9(13)14)10-4-5-12-8/h4-5H,2-3,6H2,1H3,(H,11,12)(H,13,14). The minimum atomic E-state index is -1.09. The molecule has 0 aromatic carbocycles. The molecule has 82 valence electrons. The number of ether oxygens (including phenoxy) is 1. The van der Waals surface area contributed by atoms with E-state index in [0.717, 1.165) is 6.42 Å². The highest BCUT2D eigenvalue weighted by molar-refractivity contribution is 5.90. The smallest absolute Gasteiger partial charge is 0.358 e. The minimum absolute atomic E-state index is 0.0603. The second-order valence-electron chi connectivity index (χ2n) is 2.83. The molecule has 0 bridgehead atoms. The van der Waals surface area contributed by atoms with Crippen LogP contribution in [0.15, 0.2) is 12.4 Å². The molecule has 0 fully saturated rings. The monoisotopic (exact) mass is 211 g/mol. The van der Waals surface area contributed by atoms with Gasteiger partial charge in [-0.3, -0.25) is 0 Å². The molecule has 6 nitrogen and oxygen atoms in total. The maximum atomic E-state index is 10.7. The minimum Gasteiger partial charge on any atom is -0.476 e. The van der Waals surface area contributed by atoms with Crippen molar-refractivity contribution in [1.29, 1.82) is 0 Å². The topological polar surface area (TPSA) is 84.3 Å². The van der Waals surface area contributed by atoms with Gasteiger partial charge in [-0.05, 0) is 6.42 Å². The molecule has 2 N–H and O–H groups in total. The number of methoxy groups -OCH3 is 1. The lowest BCUT2D eigenvalue weighted by Gasteiger charge is -2.06. The van der Waals surface area contributed by atoms with Crippen LogP contribution in [0.1, 0.15) is 16.9 Å². The molecule has 0 atom stereocenters. The number of hydrogen-bond donors (Lipinski definition) is 2. The molecule has 6 heteroatoms. The molecule has 0 amide bonds. The Morgan fingerprint density at radius 1 is 1.53 bits per heavy atom. The number of hydrogen-bond acceptors (Lipinski definition) is 5. The molecule has 0 saturated heterocycles. The van der Waals surface area contributed by atoms with Crippen LogP contribution in [-0.4, -0.2) is 41.3 Å². The van der Waals surface area contributed by atoms with Gasteiger partial charge < -0.3 is 15.2 Å². The van der Waals surface area contributed by atoms with Crippen molar-refractivity contribution in [3.05, 3.63) is 18.1 Å². The van der Waals surface area contributed by atoms with E-state index in [0.29, 0.717) is 19.0 Å². The molecule has 0 aliphatic rings. The lowest BCUT2D eigenvalue weighted by molar-refractivity contribution is 0.0691. The van der Waals surface area contributed by atoms with E-state index in [1.54, 1.807) is 7.11 Å². The second kappa shape index (κ2) is 5.92. The van der Waals surface area contributed by atoms with Gasteiger partial charge in [-0.2, -0.15) is 0 Å². The largest absolute Gasteiger partial charge is 0.476 e. The van der Waals surface area contributed by atoms with Gasteiger partial charge in [0.1, 0.15) is 0 Å². The first kappa shape index (κ1) is 11.4. The zero-order chi connectivity index (χ0) is 11.1. The number of nitrogens with zero attached hydrogens (tertiary/aromatic N) is 2. The third kappa shape index (κ3) is 3.51. The molecule has 0 unspecified atom stereocenters. The Bertz CT molecular complexity index is 330. The summed E-state index contributed by atoms with van der Waals surface area (Å²) in [5.74, 6) is -0.793. The Morgan fingerprint density at radius 2 is 2.27 bits per heavy atom. The Balaban J connectivity index is 2.56. The Hall–Kier alpha value is -1.69. The first-order valence-corrected chi connectivity index (χ1v) is 4.53. The highest BCUT2D eigenvalue weighted by Crippen LogP contribution is 2.07. The van der Waals surface area contributed by atoms with Gasteiger partial charge in [0.25, 0.3) is 0 Å². The summed E-state index contributed by atoms with van der Waals surface area (Å²) in [6, 6.07) is 0. The lowest BCUT2D eigenvalue weighted by Crippen LogP contribution is -2.12. The molecular formula is C9H13N3O3. The molecule has 1 heterocycles. The number of anilines is 1. The van der Waals surface area contributed by atoms with E-state index in [1.807, 2.05) is 0 Å². The molecule has 1 aromatic heterocycles. The van der Waals surface area contributed by atoms with E-state index < -0.39 is 5.97 Å². The van der Waals surface area contributed by atoms with Crippen LogP contribution in [0.2, 0.25) is 0 Å². The SMILES string of the molecule is COCCCNc1nccnc1C(=O)O. The predicted octanol–water partition coefficient (Wildman–Crippen LogP) is 0.623. The van der Waals surface area contributed by atoms with Crippen LogP contribution in [-0.2, 0) is 4.74 Å². The van der Waals surface area contributed by atoms with Crippen LogP contribution in [0.3, 0.4) is 0 Å². The van der Waals surface area contributed by atoms with Gasteiger partial charge in [0, 0.05) is 32.7 Å². The summed E-state index contributed by atoms with van der Waals surface area (Å²) in [7, 11) is 1.62. The number of aromatic carboxylic acids is 1. The number of carbonyl (C=O) groups is 1. The van der Waals surface area contributed by atoms with Crippen LogP contribution in [0.25, 0.3) is 0 Å². The number of aromatic nitrogens is 2. The van der Waals surface area contributed by atoms with Crippen molar-refractivity contribution in [1.82, 2.24) is 9.97 Å². The third-order valence-electron chi connectivity index (χ3n) is 1.72. The molecule has 15 heavy (non-hydrogen) atoms. The fraction of sp³-hybridized carbons (Fsp3) is 0.444. The van der Waals surface area contributed by atoms with Gasteiger partial charge in [0.2, 0.25) is 0 Å². The van der Waals surface area contributed by atoms with Gasteiger partial charge in [-0.15, -0.1) is 0 Å². The van der Waals surface area contributed by atoms with E-state index in [-0.39, 0.29) is 5.69 Å². The van der Waals surface area contributed by atoms with Crippen molar-refractivity contribution in [3.63, 3.8) is 0 Å². The van der Waals surface area contributed by atoms with E-state index in [2.05, 4.69) is 15.3 Å². The Labute approximate surface area is 87.3 Å². The zero-order valence-electron chi connectivity index (χ0n) is 8.43. The van der Waals surface area contributed by atoms with Crippen molar-refractivity contribution in [2.75, 3.05) is 25.6 Å².